The monoisotopic (exact) mass is 253 g/mol. The van der Waals surface area contributed by atoms with Crippen LogP contribution in [0.3, 0.4) is 0 Å². The predicted octanol–water partition coefficient (Wildman–Crippen LogP) is 3.82. The summed E-state index contributed by atoms with van der Waals surface area (Å²) in [6.07, 6.45) is 8.63. The van der Waals surface area contributed by atoms with Gasteiger partial charge in [-0.15, -0.1) is 11.8 Å². The molecule has 1 heterocycles. The maximum Gasteiger partial charge on any atom is 0.113 e. The molecule has 3 heteroatoms. The molecule has 2 rings (SSSR count). The van der Waals surface area contributed by atoms with Crippen molar-refractivity contribution in [1.29, 1.82) is 0 Å². The van der Waals surface area contributed by atoms with E-state index in [1.807, 2.05) is 6.07 Å². The van der Waals surface area contributed by atoms with Crippen LogP contribution in [0, 0.1) is 0 Å². The van der Waals surface area contributed by atoms with E-state index in [2.05, 4.69) is 30.1 Å². The molecule has 1 aromatic rings. The van der Waals surface area contributed by atoms with Crippen molar-refractivity contribution in [2.24, 2.45) is 0 Å². The lowest BCUT2D eigenvalue weighted by molar-refractivity contribution is 0.481. The van der Waals surface area contributed by atoms with Crippen LogP contribution in [0.4, 0.5) is 0 Å². The van der Waals surface area contributed by atoms with Crippen LogP contribution in [-0.4, -0.2) is 17.8 Å². The summed E-state index contributed by atoms with van der Waals surface area (Å²) in [5.41, 5.74) is 0. The van der Waals surface area contributed by atoms with Gasteiger partial charge in [-0.05, 0) is 31.5 Å². The van der Waals surface area contributed by atoms with E-state index in [0.29, 0.717) is 6.04 Å². The fraction of sp³-hybridized carbons (Fsp3) is 0.714. The zero-order valence-electron chi connectivity index (χ0n) is 10.7. The van der Waals surface area contributed by atoms with Gasteiger partial charge in [0, 0.05) is 11.3 Å². The fourth-order valence-corrected chi connectivity index (χ4v) is 3.89. The Morgan fingerprint density at radius 1 is 1.35 bits per heavy atom. The molecule has 0 aromatic carbocycles. The summed E-state index contributed by atoms with van der Waals surface area (Å²) in [6, 6.07) is 4.75. The average Bonchev–Trinajstić information content (AvgIpc) is 2.76. The second-order valence-electron chi connectivity index (χ2n) is 4.73. The molecule has 0 bridgehead atoms. The molecular formula is C14H23NOS. The minimum absolute atomic E-state index is 0.697. The molecule has 1 fully saturated rings. The smallest absolute Gasteiger partial charge is 0.113 e. The molecule has 0 saturated heterocycles. The number of rotatable bonds is 5. The Hall–Kier alpha value is -0.410. The van der Waals surface area contributed by atoms with Gasteiger partial charge in [-0.3, -0.25) is 0 Å². The molecule has 2 atom stereocenters. The second-order valence-corrected chi connectivity index (χ2v) is 5.96. The predicted molar refractivity (Wildman–Crippen MR) is 74.3 cm³/mol. The van der Waals surface area contributed by atoms with Crippen LogP contribution in [0.1, 0.15) is 44.8 Å². The molecular weight excluding hydrogens is 230 g/mol. The molecule has 2 nitrogen and oxygen atoms in total. The van der Waals surface area contributed by atoms with Crippen molar-refractivity contribution in [2.75, 3.05) is 6.54 Å². The van der Waals surface area contributed by atoms with E-state index in [9.17, 15) is 0 Å². The minimum atomic E-state index is 0.697. The molecule has 1 N–H and O–H groups in total. The van der Waals surface area contributed by atoms with Crippen LogP contribution in [0.5, 0.6) is 0 Å². The molecule has 1 aromatic heterocycles. The number of nitrogens with one attached hydrogen (secondary N) is 1. The minimum Gasteiger partial charge on any atom is -0.468 e. The van der Waals surface area contributed by atoms with Gasteiger partial charge in [0.2, 0.25) is 0 Å². The number of hydrogen-bond acceptors (Lipinski definition) is 3. The van der Waals surface area contributed by atoms with Gasteiger partial charge < -0.3 is 9.73 Å². The Kier molecular flexibility index (Phi) is 5.46. The van der Waals surface area contributed by atoms with Crippen molar-refractivity contribution >= 4 is 11.8 Å². The van der Waals surface area contributed by atoms with Gasteiger partial charge in [0.25, 0.3) is 0 Å². The molecule has 1 aliphatic rings. The lowest BCUT2D eigenvalue weighted by Crippen LogP contribution is -2.37. The third-order valence-electron chi connectivity index (χ3n) is 3.44. The number of thioether (sulfide) groups is 1. The number of furan rings is 1. The molecule has 0 aliphatic heterocycles. The maximum absolute atomic E-state index is 5.41. The average molecular weight is 253 g/mol. The molecule has 1 aliphatic carbocycles. The van der Waals surface area contributed by atoms with Gasteiger partial charge in [-0.1, -0.05) is 26.2 Å². The fourth-order valence-electron chi connectivity index (χ4n) is 2.55. The third kappa shape index (κ3) is 4.07. The van der Waals surface area contributed by atoms with Crippen LogP contribution in [0.15, 0.2) is 22.8 Å². The van der Waals surface area contributed by atoms with Gasteiger partial charge in [-0.2, -0.15) is 0 Å². The Morgan fingerprint density at radius 2 is 2.24 bits per heavy atom. The van der Waals surface area contributed by atoms with Crippen LogP contribution in [0.2, 0.25) is 0 Å². The molecule has 0 radical (unpaired) electrons. The molecule has 1 saturated carbocycles. The van der Waals surface area contributed by atoms with Crippen LogP contribution >= 0.6 is 11.8 Å². The third-order valence-corrected chi connectivity index (χ3v) is 4.88. The van der Waals surface area contributed by atoms with Crippen molar-refractivity contribution < 1.29 is 4.42 Å². The lowest BCUT2D eigenvalue weighted by Gasteiger charge is -2.25. The summed E-state index contributed by atoms with van der Waals surface area (Å²) in [6.45, 7) is 3.29. The van der Waals surface area contributed by atoms with Crippen molar-refractivity contribution in [3.05, 3.63) is 24.2 Å². The molecule has 0 spiro atoms. The van der Waals surface area contributed by atoms with E-state index in [1.165, 1.54) is 32.1 Å². The molecule has 0 amide bonds. The zero-order valence-corrected chi connectivity index (χ0v) is 11.5. The highest BCUT2D eigenvalue weighted by molar-refractivity contribution is 7.99. The molecule has 96 valence electrons. The van der Waals surface area contributed by atoms with E-state index in [-0.39, 0.29) is 0 Å². The van der Waals surface area contributed by atoms with Crippen LogP contribution in [0.25, 0.3) is 0 Å². The summed E-state index contributed by atoms with van der Waals surface area (Å²) in [5.74, 6) is 2.12. The van der Waals surface area contributed by atoms with Crippen LogP contribution < -0.4 is 5.32 Å². The van der Waals surface area contributed by atoms with Gasteiger partial charge in [-0.25, -0.2) is 0 Å². The van der Waals surface area contributed by atoms with Gasteiger partial charge in [0.15, 0.2) is 0 Å². The summed E-state index contributed by atoms with van der Waals surface area (Å²) >= 11 is 2.06. The Balaban J connectivity index is 1.86. The highest BCUT2D eigenvalue weighted by atomic mass is 32.2. The Labute approximate surface area is 109 Å². The summed E-state index contributed by atoms with van der Waals surface area (Å²) < 4.78 is 5.41. The van der Waals surface area contributed by atoms with E-state index in [4.69, 9.17) is 4.42 Å². The lowest BCUT2D eigenvalue weighted by atomic mass is 10.1. The van der Waals surface area contributed by atoms with Crippen LogP contribution in [-0.2, 0) is 5.75 Å². The quantitative estimate of drug-likeness (QED) is 0.808. The van der Waals surface area contributed by atoms with Gasteiger partial charge in [0.05, 0.1) is 12.0 Å². The largest absolute Gasteiger partial charge is 0.468 e. The first-order valence-electron chi connectivity index (χ1n) is 6.77. The zero-order chi connectivity index (χ0) is 11.9. The van der Waals surface area contributed by atoms with Crippen molar-refractivity contribution in [3.8, 4) is 0 Å². The first-order valence-corrected chi connectivity index (χ1v) is 7.82. The van der Waals surface area contributed by atoms with E-state index in [0.717, 1.165) is 23.3 Å². The van der Waals surface area contributed by atoms with Crippen molar-refractivity contribution in [3.63, 3.8) is 0 Å². The van der Waals surface area contributed by atoms with Crippen molar-refractivity contribution in [1.82, 2.24) is 5.32 Å². The highest BCUT2D eigenvalue weighted by Gasteiger charge is 2.23. The summed E-state index contributed by atoms with van der Waals surface area (Å²) in [4.78, 5) is 0. The highest BCUT2D eigenvalue weighted by Crippen LogP contribution is 2.30. The second kappa shape index (κ2) is 7.12. The van der Waals surface area contributed by atoms with Gasteiger partial charge >= 0.3 is 0 Å². The van der Waals surface area contributed by atoms with Crippen molar-refractivity contribution in [2.45, 2.75) is 56.1 Å². The van der Waals surface area contributed by atoms with E-state index < -0.39 is 0 Å². The standard InChI is InChI=1S/C14H23NOS/c1-2-15-13-8-4-3-5-9-14(13)17-11-12-7-6-10-16-12/h6-7,10,13-15H,2-5,8-9,11H2,1H3. The molecule has 2 unspecified atom stereocenters. The number of hydrogen-bond donors (Lipinski definition) is 1. The normalized spacial score (nSPS) is 25.7. The Bertz CT molecular complexity index is 299. The van der Waals surface area contributed by atoms with E-state index >= 15 is 0 Å². The Morgan fingerprint density at radius 3 is 3.00 bits per heavy atom. The van der Waals surface area contributed by atoms with Gasteiger partial charge in [0.1, 0.15) is 5.76 Å². The molecule has 17 heavy (non-hydrogen) atoms. The topological polar surface area (TPSA) is 25.2 Å². The SMILES string of the molecule is CCNC1CCCCCC1SCc1ccco1. The van der Waals surface area contributed by atoms with E-state index in [1.54, 1.807) is 6.26 Å². The first kappa shape index (κ1) is 13.0. The first-order chi connectivity index (χ1) is 8.40. The maximum atomic E-state index is 5.41. The summed E-state index contributed by atoms with van der Waals surface area (Å²) in [5, 5.41) is 4.41. The summed E-state index contributed by atoms with van der Waals surface area (Å²) in [7, 11) is 0.